The highest BCUT2D eigenvalue weighted by Gasteiger charge is 2.20. The zero-order valence-corrected chi connectivity index (χ0v) is 10.8. The summed E-state index contributed by atoms with van der Waals surface area (Å²) in [6.45, 7) is 0. The van der Waals surface area contributed by atoms with Crippen molar-refractivity contribution in [3.63, 3.8) is 0 Å². The number of hydrogen-bond acceptors (Lipinski definition) is 5. The first-order chi connectivity index (χ1) is 8.43. The zero-order chi connectivity index (χ0) is 13.3. The molecule has 0 aliphatic carbocycles. The van der Waals surface area contributed by atoms with E-state index in [1.54, 1.807) is 24.3 Å². The van der Waals surface area contributed by atoms with Gasteiger partial charge in [0.1, 0.15) is 0 Å². The Morgan fingerprint density at radius 3 is 2.33 bits per heavy atom. The van der Waals surface area contributed by atoms with Gasteiger partial charge in [0.05, 0.1) is 11.6 Å². The number of halogens is 1. The molecule has 0 atom stereocenters. The van der Waals surface area contributed by atoms with Gasteiger partial charge in [0.15, 0.2) is 5.82 Å². The van der Waals surface area contributed by atoms with E-state index in [2.05, 4.69) is 10.2 Å². The molecular weight excluding hydrogens is 276 g/mol. The van der Waals surface area contributed by atoms with Gasteiger partial charge in [0.2, 0.25) is 0 Å². The molecule has 1 aromatic heterocycles. The Morgan fingerprint density at radius 2 is 1.89 bits per heavy atom. The number of benzene rings is 1. The number of rotatable bonds is 2. The van der Waals surface area contributed by atoms with Gasteiger partial charge in [-0.3, -0.25) is 4.57 Å². The average molecular weight is 283 g/mol. The average Bonchev–Trinajstić information content (AvgIpc) is 2.71. The number of nitriles is 1. The summed E-state index contributed by atoms with van der Waals surface area (Å²) in [6, 6.07) is 8.53. The highest BCUT2D eigenvalue weighted by molar-refractivity contribution is 8.13. The van der Waals surface area contributed by atoms with E-state index in [1.165, 1.54) is 11.6 Å². The monoisotopic (exact) mass is 282 g/mol. The molecule has 0 bridgehead atoms. The van der Waals surface area contributed by atoms with E-state index in [0.29, 0.717) is 17.0 Å². The maximum atomic E-state index is 11.2. The molecular formula is C10H7ClN4O2S. The maximum Gasteiger partial charge on any atom is 0.296 e. The molecule has 18 heavy (non-hydrogen) atoms. The van der Waals surface area contributed by atoms with E-state index in [1.807, 2.05) is 6.07 Å². The third-order valence-corrected chi connectivity index (χ3v) is 3.53. The van der Waals surface area contributed by atoms with Crippen LogP contribution in [-0.4, -0.2) is 23.2 Å². The van der Waals surface area contributed by atoms with Crippen molar-refractivity contribution in [1.29, 1.82) is 5.26 Å². The molecule has 6 nitrogen and oxygen atoms in total. The van der Waals surface area contributed by atoms with Crippen molar-refractivity contribution in [2.24, 2.45) is 7.05 Å². The Labute approximate surface area is 108 Å². The van der Waals surface area contributed by atoms with Gasteiger partial charge in [-0.15, -0.1) is 10.2 Å². The Bertz CT molecular complexity index is 728. The SMILES string of the molecule is Cn1c(-c2ccc(C#N)cc2)nnc1S(=O)(=O)Cl. The minimum atomic E-state index is -3.92. The topological polar surface area (TPSA) is 88.6 Å². The predicted molar refractivity (Wildman–Crippen MR) is 64.2 cm³/mol. The summed E-state index contributed by atoms with van der Waals surface area (Å²) >= 11 is 0. The highest BCUT2D eigenvalue weighted by atomic mass is 35.7. The van der Waals surface area contributed by atoms with Crippen molar-refractivity contribution in [1.82, 2.24) is 14.8 Å². The van der Waals surface area contributed by atoms with Crippen LogP contribution in [0.2, 0.25) is 0 Å². The highest BCUT2D eigenvalue weighted by Crippen LogP contribution is 2.21. The van der Waals surface area contributed by atoms with Crippen LogP contribution in [0.1, 0.15) is 5.56 Å². The second-order valence-electron chi connectivity index (χ2n) is 3.49. The smallest absolute Gasteiger partial charge is 0.296 e. The standard InChI is InChI=1S/C10H7ClN4O2S/c1-15-9(13-14-10(15)18(11,16)17)8-4-2-7(6-12)3-5-8/h2-5H,1H3. The van der Waals surface area contributed by atoms with E-state index in [-0.39, 0.29) is 5.16 Å². The summed E-state index contributed by atoms with van der Waals surface area (Å²) in [5.41, 5.74) is 1.15. The lowest BCUT2D eigenvalue weighted by Gasteiger charge is -2.01. The molecule has 2 rings (SSSR count). The van der Waals surface area contributed by atoms with Gasteiger partial charge < -0.3 is 0 Å². The molecule has 2 aromatic rings. The fraction of sp³-hybridized carbons (Fsp3) is 0.100. The van der Waals surface area contributed by atoms with Gasteiger partial charge in [0.25, 0.3) is 14.2 Å². The molecule has 0 radical (unpaired) electrons. The zero-order valence-electron chi connectivity index (χ0n) is 9.20. The van der Waals surface area contributed by atoms with E-state index in [4.69, 9.17) is 15.9 Å². The number of hydrogen-bond donors (Lipinski definition) is 0. The number of nitrogens with zero attached hydrogens (tertiary/aromatic N) is 4. The van der Waals surface area contributed by atoms with Crippen molar-refractivity contribution >= 4 is 19.7 Å². The van der Waals surface area contributed by atoms with E-state index >= 15 is 0 Å². The molecule has 0 spiro atoms. The van der Waals surface area contributed by atoms with Gasteiger partial charge in [0, 0.05) is 23.3 Å². The van der Waals surface area contributed by atoms with Crippen LogP contribution in [0, 0.1) is 11.3 Å². The second kappa shape index (κ2) is 4.40. The Balaban J connectivity index is 2.53. The second-order valence-corrected chi connectivity index (χ2v) is 5.95. The van der Waals surface area contributed by atoms with E-state index < -0.39 is 9.05 Å². The first-order valence-corrected chi connectivity index (χ1v) is 7.09. The maximum absolute atomic E-state index is 11.2. The van der Waals surface area contributed by atoms with E-state index in [0.717, 1.165) is 0 Å². The molecule has 0 aliphatic rings. The summed E-state index contributed by atoms with van der Waals surface area (Å²) in [6.07, 6.45) is 0. The molecule has 1 aromatic carbocycles. The number of aromatic nitrogens is 3. The van der Waals surface area contributed by atoms with Gasteiger partial charge in [-0.05, 0) is 24.3 Å². The Morgan fingerprint density at radius 1 is 1.28 bits per heavy atom. The molecule has 8 heteroatoms. The summed E-state index contributed by atoms with van der Waals surface area (Å²) in [4.78, 5) is 0. The lowest BCUT2D eigenvalue weighted by molar-refractivity contribution is 0.593. The van der Waals surface area contributed by atoms with Gasteiger partial charge in [-0.1, -0.05) is 0 Å². The first kappa shape index (κ1) is 12.5. The molecule has 1 heterocycles. The van der Waals surface area contributed by atoms with Crippen molar-refractivity contribution in [3.05, 3.63) is 29.8 Å². The largest absolute Gasteiger partial charge is 0.300 e. The van der Waals surface area contributed by atoms with Crippen LogP contribution in [0.25, 0.3) is 11.4 Å². The Hall–Kier alpha value is -1.91. The summed E-state index contributed by atoms with van der Waals surface area (Å²) in [5.74, 6) is 0.360. The van der Waals surface area contributed by atoms with Crippen LogP contribution in [0.15, 0.2) is 29.4 Å². The molecule has 0 unspecified atom stereocenters. The molecule has 0 saturated heterocycles. The van der Waals surface area contributed by atoms with Gasteiger partial charge in [-0.2, -0.15) is 5.26 Å². The van der Waals surface area contributed by atoms with Crippen molar-refractivity contribution in [2.75, 3.05) is 0 Å². The summed E-state index contributed by atoms with van der Waals surface area (Å²) in [5, 5.41) is 15.7. The van der Waals surface area contributed by atoms with Crippen LogP contribution in [0.4, 0.5) is 0 Å². The lowest BCUT2D eigenvalue weighted by Crippen LogP contribution is -2.02. The fourth-order valence-corrected chi connectivity index (χ4v) is 2.43. The third-order valence-electron chi connectivity index (χ3n) is 2.33. The quantitative estimate of drug-likeness (QED) is 0.774. The van der Waals surface area contributed by atoms with Crippen LogP contribution >= 0.6 is 10.7 Å². The molecule has 0 aliphatic heterocycles. The van der Waals surface area contributed by atoms with Crippen LogP contribution in [0.3, 0.4) is 0 Å². The normalized spacial score (nSPS) is 11.2. The fourth-order valence-electron chi connectivity index (χ4n) is 1.47. The Kier molecular flexibility index (Phi) is 3.07. The minimum Gasteiger partial charge on any atom is -0.300 e. The van der Waals surface area contributed by atoms with Gasteiger partial charge >= 0.3 is 0 Å². The molecule has 92 valence electrons. The lowest BCUT2D eigenvalue weighted by atomic mass is 10.1. The molecule has 0 fully saturated rings. The van der Waals surface area contributed by atoms with Gasteiger partial charge in [-0.25, -0.2) is 8.42 Å². The molecule has 0 N–H and O–H groups in total. The minimum absolute atomic E-state index is 0.316. The van der Waals surface area contributed by atoms with E-state index in [9.17, 15) is 8.42 Å². The summed E-state index contributed by atoms with van der Waals surface area (Å²) < 4.78 is 23.7. The van der Waals surface area contributed by atoms with Crippen LogP contribution in [0.5, 0.6) is 0 Å². The van der Waals surface area contributed by atoms with Crippen LogP contribution in [-0.2, 0) is 16.1 Å². The van der Waals surface area contributed by atoms with Crippen LogP contribution < -0.4 is 0 Å². The molecule has 0 amide bonds. The third kappa shape index (κ3) is 2.20. The van der Waals surface area contributed by atoms with Crippen molar-refractivity contribution < 1.29 is 8.42 Å². The summed E-state index contributed by atoms with van der Waals surface area (Å²) in [7, 11) is 2.80. The van der Waals surface area contributed by atoms with Crippen molar-refractivity contribution in [3.8, 4) is 17.5 Å². The predicted octanol–water partition coefficient (Wildman–Crippen LogP) is 1.28. The first-order valence-electron chi connectivity index (χ1n) is 4.78. The van der Waals surface area contributed by atoms with Crippen molar-refractivity contribution in [2.45, 2.75) is 5.16 Å². The molecule has 0 saturated carbocycles.